The van der Waals surface area contributed by atoms with Crippen molar-refractivity contribution >= 4 is 29.2 Å². The molecule has 2 aliphatic heterocycles. The number of carbonyl (C=O) groups is 2. The van der Waals surface area contributed by atoms with Crippen LogP contribution in [0.4, 0.5) is 10.5 Å². The number of hydrogen-bond acceptors (Lipinski definition) is 2. The summed E-state index contributed by atoms with van der Waals surface area (Å²) >= 11 is 5.98. The van der Waals surface area contributed by atoms with E-state index in [1.165, 1.54) is 4.90 Å². The molecular formula is C20H18ClN3O2. The van der Waals surface area contributed by atoms with Gasteiger partial charge in [0.15, 0.2) is 0 Å². The Morgan fingerprint density at radius 3 is 2.35 bits per heavy atom. The molecule has 0 aliphatic carbocycles. The third kappa shape index (κ3) is 2.65. The molecular weight excluding hydrogens is 350 g/mol. The fraction of sp³-hybridized carbons (Fsp3) is 0.200. The summed E-state index contributed by atoms with van der Waals surface area (Å²) in [7, 11) is 1.69. The van der Waals surface area contributed by atoms with E-state index in [0.717, 1.165) is 22.5 Å². The normalized spacial score (nSPS) is 19.7. The first-order chi connectivity index (χ1) is 12.5. The summed E-state index contributed by atoms with van der Waals surface area (Å²) < 4.78 is 0. The molecule has 2 heterocycles. The van der Waals surface area contributed by atoms with Crippen molar-refractivity contribution in [1.82, 2.24) is 10.2 Å². The van der Waals surface area contributed by atoms with Gasteiger partial charge in [-0.1, -0.05) is 41.4 Å². The van der Waals surface area contributed by atoms with Crippen molar-refractivity contribution in [1.29, 1.82) is 0 Å². The number of rotatable bonds is 2. The number of urea groups is 1. The standard InChI is InChI=1S/C20H18ClN3O2/c1-12-3-9-15(10-4-12)24-11-16-17(19(24)25)18(22-20(26)23(16)2)13-5-7-14(21)8-6-13/h3-10,18H,11H2,1-2H3,(H,22,26). The predicted molar refractivity (Wildman–Crippen MR) is 101 cm³/mol. The molecule has 0 spiro atoms. The van der Waals surface area contributed by atoms with E-state index in [-0.39, 0.29) is 11.9 Å². The average molecular weight is 368 g/mol. The minimum atomic E-state index is -0.478. The summed E-state index contributed by atoms with van der Waals surface area (Å²) in [5.74, 6) is -0.0874. The maximum Gasteiger partial charge on any atom is 0.322 e. The van der Waals surface area contributed by atoms with Crippen LogP contribution in [0.25, 0.3) is 0 Å². The Kier molecular flexibility index (Phi) is 3.96. The van der Waals surface area contributed by atoms with Crippen molar-refractivity contribution in [3.05, 3.63) is 76.0 Å². The van der Waals surface area contributed by atoms with Crippen molar-refractivity contribution < 1.29 is 9.59 Å². The van der Waals surface area contributed by atoms with Crippen LogP contribution in [0.15, 0.2) is 59.8 Å². The van der Waals surface area contributed by atoms with Crippen molar-refractivity contribution in [3.8, 4) is 0 Å². The molecule has 2 aromatic rings. The first-order valence-electron chi connectivity index (χ1n) is 8.37. The monoisotopic (exact) mass is 367 g/mol. The van der Waals surface area contributed by atoms with E-state index in [4.69, 9.17) is 11.6 Å². The first-order valence-corrected chi connectivity index (χ1v) is 8.75. The molecule has 0 radical (unpaired) electrons. The van der Waals surface area contributed by atoms with Gasteiger partial charge >= 0.3 is 6.03 Å². The van der Waals surface area contributed by atoms with Crippen LogP contribution in [0.3, 0.4) is 0 Å². The number of carbonyl (C=O) groups excluding carboxylic acids is 2. The minimum Gasteiger partial charge on any atom is -0.327 e. The molecule has 0 aromatic heterocycles. The molecule has 0 bridgehead atoms. The molecule has 132 valence electrons. The lowest BCUT2D eigenvalue weighted by Crippen LogP contribution is -2.45. The smallest absolute Gasteiger partial charge is 0.322 e. The van der Waals surface area contributed by atoms with Crippen LogP contribution >= 0.6 is 11.6 Å². The minimum absolute atomic E-state index is 0.0874. The summed E-state index contributed by atoms with van der Waals surface area (Å²) in [5, 5.41) is 3.54. The maximum atomic E-state index is 13.2. The Labute approximate surface area is 156 Å². The number of amides is 3. The van der Waals surface area contributed by atoms with Gasteiger partial charge in [-0.05, 0) is 36.8 Å². The highest BCUT2D eigenvalue weighted by molar-refractivity contribution is 6.30. The molecule has 1 unspecified atom stereocenters. The molecule has 6 heteroatoms. The molecule has 0 saturated carbocycles. The van der Waals surface area contributed by atoms with E-state index in [0.29, 0.717) is 17.1 Å². The third-order valence-corrected chi connectivity index (χ3v) is 5.16. The lowest BCUT2D eigenvalue weighted by atomic mass is 9.96. The molecule has 2 aliphatic rings. The zero-order valence-electron chi connectivity index (χ0n) is 14.5. The Morgan fingerprint density at radius 1 is 1.04 bits per heavy atom. The zero-order valence-corrected chi connectivity index (χ0v) is 15.2. The zero-order chi connectivity index (χ0) is 18.4. The number of benzene rings is 2. The molecule has 3 amide bonds. The van der Waals surface area contributed by atoms with Crippen molar-refractivity contribution in [2.24, 2.45) is 0 Å². The van der Waals surface area contributed by atoms with Gasteiger partial charge in [-0.15, -0.1) is 0 Å². The summed E-state index contributed by atoms with van der Waals surface area (Å²) in [6, 6.07) is 14.3. The highest BCUT2D eigenvalue weighted by atomic mass is 35.5. The van der Waals surface area contributed by atoms with Gasteiger partial charge in [0.1, 0.15) is 0 Å². The third-order valence-electron chi connectivity index (χ3n) is 4.91. The molecule has 2 aromatic carbocycles. The Morgan fingerprint density at radius 2 is 1.69 bits per heavy atom. The van der Waals surface area contributed by atoms with Crippen LogP contribution in [0, 0.1) is 6.92 Å². The SMILES string of the molecule is Cc1ccc(N2CC3=C(C2=O)C(c2ccc(Cl)cc2)NC(=O)N3C)cc1. The van der Waals surface area contributed by atoms with Crippen molar-refractivity contribution in [2.45, 2.75) is 13.0 Å². The lowest BCUT2D eigenvalue weighted by Gasteiger charge is -2.31. The molecule has 4 rings (SSSR count). The number of nitrogens with one attached hydrogen (secondary N) is 1. The van der Waals surface area contributed by atoms with E-state index in [1.807, 2.05) is 43.3 Å². The van der Waals surface area contributed by atoms with Gasteiger partial charge in [-0.25, -0.2) is 4.79 Å². The number of likely N-dealkylation sites (N-methyl/N-ethyl adjacent to an activating group) is 1. The average Bonchev–Trinajstić information content (AvgIpc) is 2.97. The Bertz CT molecular complexity index is 919. The summed E-state index contributed by atoms with van der Waals surface area (Å²) in [6.07, 6.45) is 0. The maximum absolute atomic E-state index is 13.2. The molecule has 5 nitrogen and oxygen atoms in total. The number of hydrogen-bond donors (Lipinski definition) is 1. The number of anilines is 1. The van der Waals surface area contributed by atoms with E-state index in [2.05, 4.69) is 5.32 Å². The Balaban J connectivity index is 1.75. The van der Waals surface area contributed by atoms with Gasteiger partial charge in [-0.3, -0.25) is 9.69 Å². The van der Waals surface area contributed by atoms with Crippen LogP contribution in [0.5, 0.6) is 0 Å². The second-order valence-corrected chi connectivity index (χ2v) is 7.02. The van der Waals surface area contributed by atoms with E-state index in [1.54, 1.807) is 24.1 Å². The number of aryl methyl sites for hydroxylation is 1. The van der Waals surface area contributed by atoms with Crippen LogP contribution < -0.4 is 10.2 Å². The van der Waals surface area contributed by atoms with E-state index >= 15 is 0 Å². The highest BCUT2D eigenvalue weighted by Gasteiger charge is 2.43. The van der Waals surface area contributed by atoms with Crippen LogP contribution in [-0.2, 0) is 4.79 Å². The van der Waals surface area contributed by atoms with Crippen molar-refractivity contribution in [3.63, 3.8) is 0 Å². The van der Waals surface area contributed by atoms with Gasteiger partial charge in [-0.2, -0.15) is 0 Å². The topological polar surface area (TPSA) is 52.7 Å². The fourth-order valence-corrected chi connectivity index (χ4v) is 3.53. The van der Waals surface area contributed by atoms with Crippen LogP contribution in [0.2, 0.25) is 5.02 Å². The van der Waals surface area contributed by atoms with Gasteiger partial charge in [0.2, 0.25) is 0 Å². The molecule has 1 N–H and O–H groups in total. The Hall–Kier alpha value is -2.79. The number of nitrogens with zero attached hydrogens (tertiary/aromatic N) is 2. The number of halogens is 1. The highest BCUT2D eigenvalue weighted by Crippen LogP contribution is 2.37. The summed E-state index contributed by atoms with van der Waals surface area (Å²) in [5.41, 5.74) is 4.13. The second-order valence-electron chi connectivity index (χ2n) is 6.58. The van der Waals surface area contributed by atoms with Gasteiger partial charge in [0.05, 0.1) is 23.9 Å². The molecule has 0 saturated heterocycles. The van der Waals surface area contributed by atoms with Gasteiger partial charge in [0.25, 0.3) is 5.91 Å². The first kappa shape index (κ1) is 16.7. The van der Waals surface area contributed by atoms with Crippen molar-refractivity contribution in [2.75, 3.05) is 18.5 Å². The molecule has 0 fully saturated rings. The predicted octanol–water partition coefficient (Wildman–Crippen LogP) is 3.65. The van der Waals surface area contributed by atoms with Gasteiger partial charge in [0, 0.05) is 17.8 Å². The molecule has 26 heavy (non-hydrogen) atoms. The van der Waals surface area contributed by atoms with Crippen LogP contribution in [-0.4, -0.2) is 30.4 Å². The largest absolute Gasteiger partial charge is 0.327 e. The van der Waals surface area contributed by atoms with E-state index in [9.17, 15) is 9.59 Å². The quantitative estimate of drug-likeness (QED) is 0.880. The van der Waals surface area contributed by atoms with Crippen LogP contribution in [0.1, 0.15) is 17.2 Å². The second kappa shape index (κ2) is 6.18. The lowest BCUT2D eigenvalue weighted by molar-refractivity contribution is -0.114. The van der Waals surface area contributed by atoms with E-state index < -0.39 is 6.04 Å². The van der Waals surface area contributed by atoms with Gasteiger partial charge < -0.3 is 10.2 Å². The summed E-state index contributed by atoms with van der Waals surface area (Å²) in [6.45, 7) is 2.39. The molecule has 1 atom stereocenters. The summed E-state index contributed by atoms with van der Waals surface area (Å²) in [4.78, 5) is 28.8. The fourth-order valence-electron chi connectivity index (χ4n) is 3.41.